The summed E-state index contributed by atoms with van der Waals surface area (Å²) < 4.78 is 34.9. The molecule has 0 atom stereocenters. The van der Waals surface area contributed by atoms with Gasteiger partial charge in [-0.25, -0.2) is 8.42 Å². The number of hydrogen-bond donors (Lipinski definition) is 1. The average molecular weight is 344 g/mol. The normalized spacial score (nSPS) is 11.6. The molecule has 130 valence electrons. The van der Waals surface area contributed by atoms with E-state index in [0.717, 1.165) is 10.6 Å². The van der Waals surface area contributed by atoms with Gasteiger partial charge in [0.25, 0.3) is 0 Å². The molecule has 0 aromatic heterocycles. The quantitative estimate of drug-likeness (QED) is 0.773. The summed E-state index contributed by atoms with van der Waals surface area (Å²) in [5, 5.41) is 2.66. The van der Waals surface area contributed by atoms with Crippen LogP contribution in [-0.4, -0.2) is 52.2 Å². The maximum absolute atomic E-state index is 12.1. The lowest BCUT2D eigenvalue weighted by Gasteiger charge is -2.21. The van der Waals surface area contributed by atoms with Crippen molar-refractivity contribution < 1.29 is 22.7 Å². The topological polar surface area (TPSA) is 84.9 Å². The molecule has 0 aliphatic heterocycles. The Morgan fingerprint density at radius 1 is 1.22 bits per heavy atom. The second-order valence-electron chi connectivity index (χ2n) is 5.57. The molecule has 1 aromatic rings. The third kappa shape index (κ3) is 6.07. The number of anilines is 1. The molecular formula is C15H24N2O5S. The molecule has 0 aliphatic carbocycles. The SMILES string of the molecule is COc1ccc(NC(=O)CN(CC(C)C)S(C)(=O)=O)cc1OC. The van der Waals surface area contributed by atoms with E-state index in [2.05, 4.69) is 5.32 Å². The van der Waals surface area contributed by atoms with Gasteiger partial charge in [0.15, 0.2) is 11.5 Å². The number of carbonyl (C=O) groups excluding carboxylic acids is 1. The molecule has 23 heavy (non-hydrogen) atoms. The number of ether oxygens (including phenoxy) is 2. The molecule has 0 bridgehead atoms. The van der Waals surface area contributed by atoms with Crippen molar-refractivity contribution in [3.63, 3.8) is 0 Å². The third-order valence-electron chi connectivity index (χ3n) is 3.03. The Labute approximate surface area is 137 Å². The van der Waals surface area contributed by atoms with E-state index in [1.807, 2.05) is 13.8 Å². The van der Waals surface area contributed by atoms with Crippen LogP contribution in [0.15, 0.2) is 18.2 Å². The van der Waals surface area contributed by atoms with E-state index in [9.17, 15) is 13.2 Å². The van der Waals surface area contributed by atoms with Gasteiger partial charge in [-0.2, -0.15) is 4.31 Å². The Kier molecular flexibility index (Phi) is 6.83. The van der Waals surface area contributed by atoms with E-state index in [4.69, 9.17) is 9.47 Å². The Bertz CT molecular complexity index is 643. The van der Waals surface area contributed by atoms with Gasteiger partial charge in [0, 0.05) is 18.3 Å². The van der Waals surface area contributed by atoms with Gasteiger partial charge in [-0.3, -0.25) is 4.79 Å². The van der Waals surface area contributed by atoms with Crippen molar-refractivity contribution in [3.8, 4) is 11.5 Å². The number of rotatable bonds is 8. The number of benzene rings is 1. The highest BCUT2D eigenvalue weighted by Gasteiger charge is 2.21. The molecule has 1 rings (SSSR count). The predicted octanol–water partition coefficient (Wildman–Crippen LogP) is 1.56. The number of carbonyl (C=O) groups is 1. The van der Waals surface area contributed by atoms with Crippen molar-refractivity contribution in [3.05, 3.63) is 18.2 Å². The molecular weight excluding hydrogens is 320 g/mol. The molecule has 0 fully saturated rings. The third-order valence-corrected chi connectivity index (χ3v) is 4.24. The van der Waals surface area contributed by atoms with Crippen LogP contribution < -0.4 is 14.8 Å². The zero-order chi connectivity index (χ0) is 17.6. The van der Waals surface area contributed by atoms with E-state index >= 15 is 0 Å². The van der Waals surface area contributed by atoms with Gasteiger partial charge in [-0.1, -0.05) is 13.8 Å². The molecule has 0 heterocycles. The minimum Gasteiger partial charge on any atom is -0.493 e. The van der Waals surface area contributed by atoms with Crippen molar-refractivity contribution in [1.82, 2.24) is 4.31 Å². The van der Waals surface area contributed by atoms with Crippen LogP contribution in [0.1, 0.15) is 13.8 Å². The largest absolute Gasteiger partial charge is 0.493 e. The maximum atomic E-state index is 12.1. The zero-order valence-corrected chi connectivity index (χ0v) is 14.9. The van der Waals surface area contributed by atoms with Crippen LogP contribution in [-0.2, 0) is 14.8 Å². The van der Waals surface area contributed by atoms with Gasteiger partial charge < -0.3 is 14.8 Å². The Morgan fingerprint density at radius 3 is 2.30 bits per heavy atom. The lowest BCUT2D eigenvalue weighted by atomic mass is 10.2. The van der Waals surface area contributed by atoms with Crippen LogP contribution >= 0.6 is 0 Å². The molecule has 7 nitrogen and oxygen atoms in total. The predicted molar refractivity (Wildman–Crippen MR) is 89.4 cm³/mol. The molecule has 0 saturated carbocycles. The van der Waals surface area contributed by atoms with E-state index in [1.54, 1.807) is 18.2 Å². The fourth-order valence-corrected chi connectivity index (χ4v) is 2.92. The number of methoxy groups -OCH3 is 2. The van der Waals surface area contributed by atoms with Gasteiger partial charge in [0.05, 0.1) is 27.0 Å². The van der Waals surface area contributed by atoms with E-state index < -0.39 is 15.9 Å². The van der Waals surface area contributed by atoms with Crippen LogP contribution in [0.4, 0.5) is 5.69 Å². The Balaban J connectivity index is 2.82. The summed E-state index contributed by atoms with van der Waals surface area (Å²) in [5.41, 5.74) is 0.505. The summed E-state index contributed by atoms with van der Waals surface area (Å²) in [6, 6.07) is 4.94. The Morgan fingerprint density at radius 2 is 1.83 bits per heavy atom. The lowest BCUT2D eigenvalue weighted by Crippen LogP contribution is -2.39. The molecule has 0 spiro atoms. The van der Waals surface area contributed by atoms with Gasteiger partial charge in [-0.05, 0) is 18.1 Å². The Hall–Kier alpha value is -1.80. The zero-order valence-electron chi connectivity index (χ0n) is 14.1. The van der Waals surface area contributed by atoms with Gasteiger partial charge in [0.1, 0.15) is 0 Å². The summed E-state index contributed by atoms with van der Waals surface area (Å²) >= 11 is 0. The van der Waals surface area contributed by atoms with Crippen molar-refractivity contribution in [2.24, 2.45) is 5.92 Å². The van der Waals surface area contributed by atoms with Crippen LogP contribution in [0.25, 0.3) is 0 Å². The second-order valence-corrected chi connectivity index (χ2v) is 7.55. The maximum Gasteiger partial charge on any atom is 0.239 e. The minimum absolute atomic E-state index is 0.124. The van der Waals surface area contributed by atoms with E-state index in [1.165, 1.54) is 14.2 Å². The number of nitrogens with zero attached hydrogens (tertiary/aromatic N) is 1. The number of sulfonamides is 1. The highest BCUT2D eigenvalue weighted by atomic mass is 32.2. The number of amides is 1. The monoisotopic (exact) mass is 344 g/mol. The van der Waals surface area contributed by atoms with Crippen LogP contribution in [0, 0.1) is 5.92 Å². The van der Waals surface area contributed by atoms with Crippen LogP contribution in [0.5, 0.6) is 11.5 Å². The highest BCUT2D eigenvalue weighted by Crippen LogP contribution is 2.29. The first-order chi connectivity index (χ1) is 10.7. The van der Waals surface area contributed by atoms with Crippen molar-refractivity contribution in [1.29, 1.82) is 0 Å². The average Bonchev–Trinajstić information content (AvgIpc) is 2.44. The molecule has 1 N–H and O–H groups in total. The van der Waals surface area contributed by atoms with E-state index in [0.29, 0.717) is 17.2 Å². The van der Waals surface area contributed by atoms with Crippen molar-refractivity contribution in [2.45, 2.75) is 13.8 Å². The lowest BCUT2D eigenvalue weighted by molar-refractivity contribution is -0.116. The first kappa shape index (κ1) is 19.2. The van der Waals surface area contributed by atoms with Gasteiger partial charge in [0.2, 0.25) is 15.9 Å². The molecule has 1 amide bonds. The second kappa shape index (κ2) is 8.16. The molecule has 0 radical (unpaired) electrons. The fraction of sp³-hybridized carbons (Fsp3) is 0.533. The first-order valence-corrected chi connectivity index (χ1v) is 8.99. The number of hydrogen-bond acceptors (Lipinski definition) is 5. The minimum atomic E-state index is -3.44. The first-order valence-electron chi connectivity index (χ1n) is 7.14. The van der Waals surface area contributed by atoms with Crippen LogP contribution in [0.3, 0.4) is 0 Å². The molecule has 0 unspecified atom stereocenters. The van der Waals surface area contributed by atoms with Gasteiger partial charge >= 0.3 is 0 Å². The van der Waals surface area contributed by atoms with E-state index in [-0.39, 0.29) is 19.0 Å². The summed E-state index contributed by atoms with van der Waals surface area (Å²) in [6.07, 6.45) is 1.10. The number of nitrogens with one attached hydrogen (secondary N) is 1. The van der Waals surface area contributed by atoms with Gasteiger partial charge in [-0.15, -0.1) is 0 Å². The molecule has 8 heteroatoms. The van der Waals surface area contributed by atoms with Crippen molar-refractivity contribution in [2.75, 3.05) is 38.9 Å². The standard InChI is InChI=1S/C15H24N2O5S/c1-11(2)9-17(23(5,19)20)10-15(18)16-12-6-7-13(21-3)14(8-12)22-4/h6-8,11H,9-10H2,1-5H3,(H,16,18). The van der Waals surface area contributed by atoms with Crippen LogP contribution in [0.2, 0.25) is 0 Å². The summed E-state index contributed by atoms with van der Waals surface area (Å²) in [7, 11) is -0.426. The summed E-state index contributed by atoms with van der Waals surface area (Å²) in [5.74, 6) is 0.734. The highest BCUT2D eigenvalue weighted by molar-refractivity contribution is 7.88. The molecule has 0 saturated heterocycles. The fourth-order valence-electron chi connectivity index (χ4n) is 2.00. The molecule has 0 aliphatic rings. The summed E-state index contributed by atoms with van der Waals surface area (Å²) in [4.78, 5) is 12.1. The van der Waals surface area contributed by atoms with Crippen molar-refractivity contribution >= 4 is 21.6 Å². The summed E-state index contributed by atoms with van der Waals surface area (Å²) in [6.45, 7) is 3.85. The smallest absolute Gasteiger partial charge is 0.239 e. The molecule has 1 aromatic carbocycles.